The molecule has 0 spiro atoms. The van der Waals surface area contributed by atoms with E-state index in [0.717, 1.165) is 5.56 Å². The van der Waals surface area contributed by atoms with Gasteiger partial charge in [-0.1, -0.05) is 30.3 Å². The normalized spacial score (nSPS) is 11.5. The number of carbonyl (C=O) groups excluding carboxylic acids is 2. The van der Waals surface area contributed by atoms with E-state index in [-0.39, 0.29) is 24.1 Å². The Balaban J connectivity index is 2.04. The van der Waals surface area contributed by atoms with Gasteiger partial charge in [0.25, 0.3) is 0 Å². The smallest absolute Gasteiger partial charge is 0.226 e. The maximum Gasteiger partial charge on any atom is 0.226 e. The molecule has 0 aliphatic rings. The molecule has 0 radical (unpaired) electrons. The molecule has 0 aliphatic carbocycles. The van der Waals surface area contributed by atoms with Crippen LogP contribution in [-0.2, 0) is 9.59 Å². The lowest BCUT2D eigenvalue weighted by Crippen LogP contribution is -2.29. The van der Waals surface area contributed by atoms with Crippen molar-refractivity contribution in [3.8, 4) is 0 Å². The summed E-state index contributed by atoms with van der Waals surface area (Å²) in [5, 5.41) is 5.45. The Morgan fingerprint density at radius 1 is 1.05 bits per heavy atom. The monoisotopic (exact) mass is 300 g/mol. The van der Waals surface area contributed by atoms with Gasteiger partial charge in [0.15, 0.2) is 0 Å². The number of rotatable bonds is 5. The fraction of sp³-hybridized carbons (Fsp3) is 0.176. The van der Waals surface area contributed by atoms with E-state index in [4.69, 9.17) is 0 Å². The highest BCUT2D eigenvalue weighted by molar-refractivity contribution is 5.91. The van der Waals surface area contributed by atoms with Crippen LogP contribution in [0.15, 0.2) is 54.6 Å². The van der Waals surface area contributed by atoms with E-state index < -0.39 is 6.04 Å². The topological polar surface area (TPSA) is 58.2 Å². The number of amides is 2. The first kappa shape index (κ1) is 15.7. The van der Waals surface area contributed by atoms with Gasteiger partial charge in [-0.15, -0.1) is 0 Å². The van der Waals surface area contributed by atoms with Crippen LogP contribution < -0.4 is 10.6 Å². The molecule has 5 heteroatoms. The second kappa shape index (κ2) is 7.36. The molecular weight excluding hydrogens is 283 g/mol. The van der Waals surface area contributed by atoms with Gasteiger partial charge in [0, 0.05) is 12.6 Å². The minimum Gasteiger partial charge on any atom is -0.349 e. The van der Waals surface area contributed by atoms with E-state index >= 15 is 0 Å². The van der Waals surface area contributed by atoms with Crippen molar-refractivity contribution >= 4 is 17.5 Å². The summed E-state index contributed by atoms with van der Waals surface area (Å²) in [7, 11) is 0. The molecular formula is C17H17FN2O2. The van der Waals surface area contributed by atoms with Crippen LogP contribution in [-0.4, -0.2) is 11.8 Å². The minimum absolute atomic E-state index is 0.0982. The lowest BCUT2D eigenvalue weighted by atomic mass is 10.0. The van der Waals surface area contributed by atoms with Crippen LogP contribution in [0.4, 0.5) is 10.1 Å². The van der Waals surface area contributed by atoms with Crippen molar-refractivity contribution in [1.82, 2.24) is 5.32 Å². The summed E-state index contributed by atoms with van der Waals surface area (Å²) < 4.78 is 12.8. The first-order valence-electron chi connectivity index (χ1n) is 6.92. The third-order valence-electron chi connectivity index (χ3n) is 3.10. The Morgan fingerprint density at radius 2 is 1.68 bits per heavy atom. The number of carbonyl (C=O) groups is 2. The van der Waals surface area contributed by atoms with E-state index in [2.05, 4.69) is 10.6 Å². The lowest BCUT2D eigenvalue weighted by Gasteiger charge is -2.18. The summed E-state index contributed by atoms with van der Waals surface area (Å²) in [5.41, 5.74) is 1.37. The van der Waals surface area contributed by atoms with Crippen LogP contribution in [0.1, 0.15) is 24.9 Å². The molecule has 2 aromatic carbocycles. The van der Waals surface area contributed by atoms with Gasteiger partial charge in [0.1, 0.15) is 5.82 Å². The second-order valence-corrected chi connectivity index (χ2v) is 4.92. The van der Waals surface area contributed by atoms with Crippen molar-refractivity contribution < 1.29 is 14.0 Å². The third kappa shape index (κ3) is 4.70. The number of anilines is 1. The van der Waals surface area contributed by atoms with E-state index in [9.17, 15) is 14.0 Å². The largest absolute Gasteiger partial charge is 0.349 e. The molecule has 0 saturated heterocycles. The summed E-state index contributed by atoms with van der Waals surface area (Å²) in [6, 6.07) is 14.4. The molecule has 2 aromatic rings. The van der Waals surface area contributed by atoms with Crippen LogP contribution in [0.25, 0.3) is 0 Å². The summed E-state index contributed by atoms with van der Waals surface area (Å²) >= 11 is 0. The standard InChI is InChI=1S/C17H17FN2O2/c1-12(21)19-16(13-5-3-2-4-6-13)11-17(22)20-15-9-7-14(18)8-10-15/h2-10,16H,11H2,1H3,(H,19,21)(H,20,22)/t16-/m0/s1. The van der Waals surface area contributed by atoms with Crippen LogP contribution in [0.3, 0.4) is 0 Å². The molecule has 4 nitrogen and oxygen atoms in total. The Kier molecular flexibility index (Phi) is 5.25. The first-order chi connectivity index (χ1) is 10.5. The van der Waals surface area contributed by atoms with Crippen LogP contribution >= 0.6 is 0 Å². The molecule has 0 heterocycles. The van der Waals surface area contributed by atoms with Gasteiger partial charge in [0.05, 0.1) is 12.5 Å². The summed E-state index contributed by atoms with van der Waals surface area (Å²) in [6.07, 6.45) is 0.0982. The third-order valence-corrected chi connectivity index (χ3v) is 3.10. The van der Waals surface area contributed by atoms with Crippen molar-refractivity contribution in [3.05, 3.63) is 66.0 Å². The molecule has 1 atom stereocenters. The zero-order valence-corrected chi connectivity index (χ0v) is 12.2. The molecule has 2 N–H and O–H groups in total. The lowest BCUT2D eigenvalue weighted by molar-refractivity contribution is -0.120. The fourth-order valence-electron chi connectivity index (χ4n) is 2.11. The van der Waals surface area contributed by atoms with Gasteiger partial charge in [0.2, 0.25) is 11.8 Å². The van der Waals surface area contributed by atoms with Gasteiger partial charge in [-0.2, -0.15) is 0 Å². The second-order valence-electron chi connectivity index (χ2n) is 4.92. The predicted octanol–water partition coefficient (Wildman–Crippen LogP) is 3.03. The van der Waals surface area contributed by atoms with E-state index in [1.54, 1.807) is 0 Å². The minimum atomic E-state index is -0.404. The maximum absolute atomic E-state index is 12.8. The molecule has 0 bridgehead atoms. The maximum atomic E-state index is 12.8. The van der Waals surface area contributed by atoms with Crippen LogP contribution in [0.2, 0.25) is 0 Å². The van der Waals surface area contributed by atoms with Crippen molar-refractivity contribution in [3.63, 3.8) is 0 Å². The number of halogens is 1. The SMILES string of the molecule is CC(=O)N[C@@H](CC(=O)Nc1ccc(F)cc1)c1ccccc1. The van der Waals surface area contributed by atoms with Crippen molar-refractivity contribution in [2.45, 2.75) is 19.4 Å². The zero-order chi connectivity index (χ0) is 15.9. The van der Waals surface area contributed by atoms with Gasteiger partial charge < -0.3 is 10.6 Å². The molecule has 0 fully saturated rings. The van der Waals surface area contributed by atoms with Gasteiger partial charge in [-0.25, -0.2) is 4.39 Å². The molecule has 0 unspecified atom stereocenters. The average Bonchev–Trinajstić information content (AvgIpc) is 2.49. The number of benzene rings is 2. The van der Waals surface area contributed by atoms with E-state index in [0.29, 0.717) is 5.69 Å². The molecule has 2 amide bonds. The average molecular weight is 300 g/mol. The van der Waals surface area contributed by atoms with Crippen LogP contribution in [0.5, 0.6) is 0 Å². The molecule has 0 aliphatic heterocycles. The quantitative estimate of drug-likeness (QED) is 0.891. The van der Waals surface area contributed by atoms with Gasteiger partial charge in [-0.3, -0.25) is 9.59 Å². The highest BCUT2D eigenvalue weighted by Gasteiger charge is 2.17. The van der Waals surface area contributed by atoms with Crippen LogP contribution in [0, 0.1) is 5.82 Å². The molecule has 22 heavy (non-hydrogen) atoms. The first-order valence-corrected chi connectivity index (χ1v) is 6.92. The Bertz CT molecular complexity index is 641. The number of hydrogen-bond donors (Lipinski definition) is 2. The Labute approximate surface area is 128 Å². The molecule has 0 aromatic heterocycles. The Morgan fingerprint density at radius 3 is 2.27 bits per heavy atom. The molecule has 114 valence electrons. The summed E-state index contributed by atoms with van der Waals surface area (Å²) in [5.74, 6) is -0.823. The van der Waals surface area contributed by atoms with Gasteiger partial charge >= 0.3 is 0 Å². The summed E-state index contributed by atoms with van der Waals surface area (Å²) in [4.78, 5) is 23.4. The number of hydrogen-bond acceptors (Lipinski definition) is 2. The highest BCUT2D eigenvalue weighted by atomic mass is 19.1. The molecule has 0 saturated carbocycles. The van der Waals surface area contributed by atoms with Crippen molar-refractivity contribution in [1.29, 1.82) is 0 Å². The Hall–Kier alpha value is -2.69. The summed E-state index contributed by atoms with van der Waals surface area (Å²) in [6.45, 7) is 1.41. The van der Waals surface area contributed by atoms with Crippen molar-refractivity contribution in [2.24, 2.45) is 0 Å². The van der Waals surface area contributed by atoms with Crippen molar-refractivity contribution in [2.75, 3.05) is 5.32 Å². The molecule has 2 rings (SSSR count). The predicted molar refractivity (Wildman–Crippen MR) is 82.6 cm³/mol. The van der Waals surface area contributed by atoms with E-state index in [1.807, 2.05) is 30.3 Å². The highest BCUT2D eigenvalue weighted by Crippen LogP contribution is 2.18. The number of nitrogens with one attached hydrogen (secondary N) is 2. The van der Waals surface area contributed by atoms with Gasteiger partial charge in [-0.05, 0) is 29.8 Å². The van der Waals surface area contributed by atoms with E-state index in [1.165, 1.54) is 31.2 Å². The zero-order valence-electron chi connectivity index (χ0n) is 12.2. The fourth-order valence-corrected chi connectivity index (χ4v) is 2.11.